The molecule has 36 heavy (non-hydrogen) atoms. The van der Waals surface area contributed by atoms with Gasteiger partial charge in [0.15, 0.2) is 12.4 Å². The lowest BCUT2D eigenvalue weighted by atomic mass is 9.45. The maximum atomic E-state index is 13.4. The van der Waals surface area contributed by atoms with E-state index in [4.69, 9.17) is 4.74 Å². The number of ether oxygens (including phenoxy) is 1. The van der Waals surface area contributed by atoms with Gasteiger partial charge in [0.2, 0.25) is 5.78 Å². The molecule has 1 heterocycles. The smallest absolute Gasteiger partial charge is 0.310 e. The Morgan fingerprint density at radius 1 is 1.17 bits per heavy atom. The summed E-state index contributed by atoms with van der Waals surface area (Å²) in [6, 6.07) is 0. The molecular weight excluding hydrogens is 482 g/mol. The number of carbonyl (C=O) groups excluding carboxylic acids is 3. The maximum absolute atomic E-state index is 13.4. The van der Waals surface area contributed by atoms with E-state index in [1.54, 1.807) is 0 Å². The summed E-state index contributed by atoms with van der Waals surface area (Å²) < 4.78 is 5.45. The molecule has 4 fully saturated rings. The third-order valence-corrected chi connectivity index (χ3v) is 10.8. The van der Waals surface area contributed by atoms with Gasteiger partial charge in [0.1, 0.15) is 5.60 Å². The van der Waals surface area contributed by atoms with Gasteiger partial charge in [0.25, 0.3) is 0 Å². The van der Waals surface area contributed by atoms with E-state index in [1.165, 1.54) is 5.57 Å². The summed E-state index contributed by atoms with van der Waals surface area (Å²) in [4.78, 5) is 40.2. The fraction of sp³-hybridized carbons (Fsp3) is 0.821. The van der Waals surface area contributed by atoms with Gasteiger partial charge in [-0.3, -0.25) is 14.4 Å². The Labute approximate surface area is 220 Å². The molecule has 0 bridgehead atoms. The van der Waals surface area contributed by atoms with Crippen LogP contribution in [0.5, 0.6) is 0 Å². The second-order valence-corrected chi connectivity index (χ2v) is 12.6. The van der Waals surface area contributed by atoms with Gasteiger partial charge in [-0.2, -0.15) is 0 Å². The van der Waals surface area contributed by atoms with Crippen LogP contribution in [0.15, 0.2) is 11.6 Å². The van der Waals surface area contributed by atoms with Crippen molar-refractivity contribution in [1.29, 1.82) is 0 Å². The number of Topliss-reactive ketones (excluding diaryl/α,β-unsaturated/α-hetero) is 1. The summed E-state index contributed by atoms with van der Waals surface area (Å²) in [5.74, 6) is -0.494. The molecule has 202 valence electrons. The highest BCUT2D eigenvalue weighted by Crippen LogP contribution is 2.67. The van der Waals surface area contributed by atoms with Gasteiger partial charge < -0.3 is 19.8 Å². The van der Waals surface area contributed by atoms with Crippen LogP contribution in [0.3, 0.4) is 0 Å². The molecule has 5 rings (SSSR count). The monoisotopic (exact) mass is 523 g/mol. The topological polar surface area (TPSA) is 104 Å². The number of esters is 1. The van der Waals surface area contributed by atoms with Crippen LogP contribution in [0.25, 0.3) is 0 Å². The number of hydrogen-bond donors (Lipinski definition) is 2. The van der Waals surface area contributed by atoms with E-state index in [0.29, 0.717) is 25.8 Å². The number of ketones is 2. The molecule has 5 aliphatic rings. The quantitative estimate of drug-likeness (QED) is 0.545. The van der Waals surface area contributed by atoms with Crippen LogP contribution >= 0.6 is 12.4 Å². The number of fused-ring (bicyclic) bond motifs is 5. The highest BCUT2D eigenvalue weighted by molar-refractivity contribution is 5.92. The molecule has 1 saturated heterocycles. The van der Waals surface area contributed by atoms with Gasteiger partial charge >= 0.3 is 5.97 Å². The minimum atomic E-state index is -1.60. The van der Waals surface area contributed by atoms with E-state index in [9.17, 15) is 24.6 Å². The molecule has 4 aliphatic carbocycles. The second-order valence-electron chi connectivity index (χ2n) is 12.6. The molecule has 8 heteroatoms. The molecule has 0 amide bonds. The number of piperidine rings is 1. The number of halogens is 1. The third-order valence-electron chi connectivity index (χ3n) is 10.8. The SMILES string of the molecule is CN1CCCC(C(=O)OCC(=O)C2(O)CCC3C4CCC5=CC(=O)CCC5(C)C4C(O)CC32C)C1.Cl. The first-order chi connectivity index (χ1) is 16.5. The van der Waals surface area contributed by atoms with Crippen molar-refractivity contribution in [2.24, 2.45) is 34.5 Å². The lowest BCUT2D eigenvalue weighted by Crippen LogP contribution is -2.62. The van der Waals surface area contributed by atoms with Crippen molar-refractivity contribution in [2.75, 3.05) is 26.7 Å². The predicted molar refractivity (Wildman–Crippen MR) is 136 cm³/mol. The van der Waals surface area contributed by atoms with Crippen LogP contribution in [0.2, 0.25) is 0 Å². The van der Waals surface area contributed by atoms with Crippen LogP contribution < -0.4 is 0 Å². The highest BCUT2D eigenvalue weighted by atomic mass is 35.5. The normalized spacial score (nSPS) is 44.4. The zero-order chi connectivity index (χ0) is 25.2. The zero-order valence-electron chi connectivity index (χ0n) is 21.8. The van der Waals surface area contributed by atoms with E-state index in [2.05, 4.69) is 11.8 Å². The number of nitrogens with zero attached hydrogens (tertiary/aromatic N) is 1. The molecule has 7 nitrogen and oxygen atoms in total. The standard InChI is InChI=1S/C28H41NO6.ClH/c1-26-10-8-19(30)13-18(26)6-7-20-21-9-11-28(34,27(21,2)14-22(31)24(20)26)23(32)16-35-25(33)17-5-4-12-29(3)15-17;/h13,17,20-22,24,31,34H,4-12,14-16H2,1-3H3;1H. The fourth-order valence-electron chi connectivity index (χ4n) is 8.88. The minimum Gasteiger partial charge on any atom is -0.457 e. The van der Waals surface area contributed by atoms with E-state index < -0.39 is 29.5 Å². The van der Waals surface area contributed by atoms with Crippen molar-refractivity contribution in [3.63, 3.8) is 0 Å². The molecule has 8 unspecified atom stereocenters. The molecule has 0 aromatic rings. The summed E-state index contributed by atoms with van der Waals surface area (Å²) in [5.41, 5.74) is -1.40. The Balaban J connectivity index is 0.00000304. The van der Waals surface area contributed by atoms with Crippen molar-refractivity contribution >= 4 is 29.9 Å². The van der Waals surface area contributed by atoms with Crippen molar-refractivity contribution < 1.29 is 29.3 Å². The lowest BCUT2D eigenvalue weighted by Gasteiger charge is -2.60. The first-order valence-corrected chi connectivity index (χ1v) is 13.5. The molecule has 1 aliphatic heterocycles. The Morgan fingerprint density at radius 2 is 1.92 bits per heavy atom. The Bertz CT molecular complexity index is 952. The molecule has 0 aromatic carbocycles. The molecule has 0 spiro atoms. The lowest BCUT2D eigenvalue weighted by molar-refractivity contribution is -0.185. The molecule has 0 radical (unpaired) electrons. The second kappa shape index (κ2) is 9.79. The predicted octanol–water partition coefficient (Wildman–Crippen LogP) is 3.10. The van der Waals surface area contributed by atoms with E-state index in [-0.39, 0.29) is 53.2 Å². The minimum absolute atomic E-state index is 0. The number of hydrogen-bond acceptors (Lipinski definition) is 7. The number of likely N-dealkylation sites (tertiary alicyclic amines) is 1. The summed E-state index contributed by atoms with van der Waals surface area (Å²) in [7, 11) is 1.98. The van der Waals surface area contributed by atoms with Gasteiger partial charge in [0.05, 0.1) is 12.0 Å². The van der Waals surface area contributed by atoms with Crippen molar-refractivity contribution in [3.8, 4) is 0 Å². The maximum Gasteiger partial charge on any atom is 0.310 e. The first kappa shape index (κ1) is 27.7. The Morgan fingerprint density at radius 3 is 2.64 bits per heavy atom. The van der Waals surface area contributed by atoms with Gasteiger partial charge in [0, 0.05) is 18.4 Å². The fourth-order valence-corrected chi connectivity index (χ4v) is 8.88. The largest absolute Gasteiger partial charge is 0.457 e. The number of carbonyl (C=O) groups is 3. The van der Waals surface area contributed by atoms with Gasteiger partial charge in [-0.05, 0) is 94.2 Å². The Kier molecular flexibility index (Phi) is 7.55. The summed E-state index contributed by atoms with van der Waals surface area (Å²) in [6.45, 7) is 5.33. The first-order valence-electron chi connectivity index (χ1n) is 13.5. The van der Waals surface area contributed by atoms with E-state index in [1.807, 2.05) is 20.0 Å². The number of aliphatic hydroxyl groups excluding tert-OH is 1. The van der Waals surface area contributed by atoms with Gasteiger partial charge in [-0.15, -0.1) is 12.4 Å². The van der Waals surface area contributed by atoms with E-state index in [0.717, 1.165) is 45.1 Å². The third kappa shape index (κ3) is 4.18. The number of allylic oxidation sites excluding steroid dienone is 1. The summed E-state index contributed by atoms with van der Waals surface area (Å²) in [5, 5.41) is 23.3. The van der Waals surface area contributed by atoms with Crippen molar-refractivity contribution in [1.82, 2.24) is 4.90 Å². The van der Waals surface area contributed by atoms with Crippen LogP contribution in [-0.4, -0.2) is 71.1 Å². The van der Waals surface area contributed by atoms with Crippen LogP contribution in [0.1, 0.15) is 71.6 Å². The highest BCUT2D eigenvalue weighted by Gasteiger charge is 2.68. The molecule has 8 atom stereocenters. The number of rotatable bonds is 4. The van der Waals surface area contributed by atoms with Gasteiger partial charge in [-0.1, -0.05) is 19.4 Å². The Hall–Kier alpha value is -1.28. The molecule has 0 aromatic heterocycles. The van der Waals surface area contributed by atoms with E-state index >= 15 is 0 Å². The van der Waals surface area contributed by atoms with Crippen molar-refractivity contribution in [3.05, 3.63) is 11.6 Å². The van der Waals surface area contributed by atoms with Crippen LogP contribution in [0, 0.1) is 34.5 Å². The molecule has 3 saturated carbocycles. The zero-order valence-corrected chi connectivity index (χ0v) is 22.6. The van der Waals surface area contributed by atoms with Crippen LogP contribution in [0.4, 0.5) is 0 Å². The average Bonchev–Trinajstić information content (AvgIpc) is 3.08. The van der Waals surface area contributed by atoms with Crippen molar-refractivity contribution in [2.45, 2.75) is 83.3 Å². The average molecular weight is 524 g/mol. The molecular formula is C28H42ClNO6. The summed E-state index contributed by atoms with van der Waals surface area (Å²) in [6.07, 6.45) is 7.24. The van der Waals surface area contributed by atoms with Crippen LogP contribution in [-0.2, 0) is 19.1 Å². The van der Waals surface area contributed by atoms with Gasteiger partial charge in [-0.25, -0.2) is 0 Å². The molecule has 2 N–H and O–H groups in total. The number of aliphatic hydroxyl groups is 2. The summed E-state index contributed by atoms with van der Waals surface area (Å²) >= 11 is 0.